The van der Waals surface area contributed by atoms with Gasteiger partial charge in [0.2, 0.25) is 5.31 Å². The molecule has 0 bridgehead atoms. The molecule has 0 radical (unpaired) electrons. The number of rotatable bonds is 1. The van der Waals surface area contributed by atoms with Crippen molar-refractivity contribution in [3.8, 4) is 0 Å². The standard InChI is InChI=1S/C4H7N2OP2/c7-9(8)4-1-2-5-6-3-4/h1-3,5-6H,8H2/q+1. The van der Waals surface area contributed by atoms with Crippen LogP contribution in [0.15, 0.2) is 23.8 Å². The highest BCUT2D eigenvalue weighted by Crippen LogP contribution is 2.40. The predicted molar refractivity (Wildman–Crippen MR) is 40.8 cm³/mol. The van der Waals surface area contributed by atoms with E-state index in [0.29, 0.717) is 0 Å². The molecule has 0 aromatic carbocycles. The largest absolute Gasteiger partial charge is 0.388 e. The van der Waals surface area contributed by atoms with Crippen LogP contribution in [-0.4, -0.2) is 0 Å². The summed E-state index contributed by atoms with van der Waals surface area (Å²) < 4.78 is 10.7. The fraction of sp³-hybridized carbons (Fsp3) is 0. The smallest absolute Gasteiger partial charge is 0.308 e. The molecule has 1 heterocycles. The van der Waals surface area contributed by atoms with Crippen LogP contribution in [0.5, 0.6) is 0 Å². The summed E-state index contributed by atoms with van der Waals surface area (Å²) in [5, 5.41) is 0.800. The zero-order chi connectivity index (χ0) is 6.69. The Kier molecular flexibility index (Phi) is 2.21. The van der Waals surface area contributed by atoms with Gasteiger partial charge in [-0.1, -0.05) is 4.57 Å². The van der Waals surface area contributed by atoms with Gasteiger partial charge in [-0.3, -0.25) is 0 Å². The molecule has 0 amide bonds. The van der Waals surface area contributed by atoms with E-state index in [2.05, 4.69) is 19.8 Å². The molecule has 1 rings (SSSR count). The minimum Gasteiger partial charge on any atom is -0.308 e. The second-order valence-corrected chi connectivity index (χ2v) is 4.09. The Morgan fingerprint density at radius 1 is 1.56 bits per heavy atom. The van der Waals surface area contributed by atoms with E-state index in [1.807, 2.05) is 0 Å². The van der Waals surface area contributed by atoms with E-state index in [9.17, 15) is 4.57 Å². The molecule has 9 heavy (non-hydrogen) atoms. The van der Waals surface area contributed by atoms with Gasteiger partial charge in [-0.25, -0.2) is 0 Å². The van der Waals surface area contributed by atoms with Gasteiger partial charge >= 0.3 is 7.49 Å². The van der Waals surface area contributed by atoms with Crippen molar-refractivity contribution in [2.45, 2.75) is 0 Å². The van der Waals surface area contributed by atoms with Crippen molar-refractivity contribution in [2.75, 3.05) is 0 Å². The molecular formula is C4H7N2OP2+. The van der Waals surface area contributed by atoms with Crippen LogP contribution in [0.1, 0.15) is 0 Å². The van der Waals surface area contributed by atoms with Crippen LogP contribution < -0.4 is 10.9 Å². The average molecular weight is 161 g/mol. The summed E-state index contributed by atoms with van der Waals surface area (Å²) in [6.45, 7) is 0. The zero-order valence-electron chi connectivity index (χ0n) is 4.66. The Hall–Kier alpha value is -0.390. The minimum absolute atomic E-state index is 0.800. The summed E-state index contributed by atoms with van der Waals surface area (Å²) in [6, 6.07) is 0. The SMILES string of the molecule is O=[P+](P)C1=CNNC=C1. The predicted octanol–water partition coefficient (Wildman–Crippen LogP) is 1.07. The van der Waals surface area contributed by atoms with Gasteiger partial charge < -0.3 is 10.9 Å². The molecule has 48 valence electrons. The number of hydrogen-bond acceptors (Lipinski definition) is 3. The number of hydrazine groups is 1. The topological polar surface area (TPSA) is 41.1 Å². The maximum atomic E-state index is 10.7. The van der Waals surface area contributed by atoms with Gasteiger partial charge in [0, 0.05) is 12.3 Å². The lowest BCUT2D eigenvalue weighted by Gasteiger charge is -2.00. The highest BCUT2D eigenvalue weighted by atomic mass is 32.0. The molecule has 0 spiro atoms. The van der Waals surface area contributed by atoms with E-state index in [0.717, 1.165) is 5.31 Å². The Morgan fingerprint density at radius 2 is 2.33 bits per heavy atom. The highest BCUT2D eigenvalue weighted by molar-refractivity contribution is 8.08. The molecule has 2 unspecified atom stereocenters. The van der Waals surface area contributed by atoms with Gasteiger partial charge in [0.25, 0.3) is 0 Å². The normalized spacial score (nSPS) is 17.4. The molecule has 5 heteroatoms. The quantitative estimate of drug-likeness (QED) is 0.565. The van der Waals surface area contributed by atoms with E-state index in [1.54, 1.807) is 18.5 Å². The lowest BCUT2D eigenvalue weighted by Crippen LogP contribution is -2.22. The highest BCUT2D eigenvalue weighted by Gasteiger charge is 2.13. The first-order valence-corrected chi connectivity index (χ1v) is 5.28. The first kappa shape index (κ1) is 6.73. The van der Waals surface area contributed by atoms with Crippen LogP contribution in [0, 0.1) is 0 Å². The van der Waals surface area contributed by atoms with E-state index >= 15 is 0 Å². The van der Waals surface area contributed by atoms with Gasteiger partial charge in [-0.05, 0) is 0 Å². The first-order chi connectivity index (χ1) is 4.30. The summed E-state index contributed by atoms with van der Waals surface area (Å²) in [4.78, 5) is 0. The first-order valence-electron chi connectivity index (χ1n) is 2.40. The number of hydrogen-bond donors (Lipinski definition) is 2. The third kappa shape index (κ3) is 1.78. The Balaban J connectivity index is 2.69. The Labute approximate surface area is 56.4 Å². The van der Waals surface area contributed by atoms with Crippen molar-refractivity contribution in [1.29, 1.82) is 0 Å². The maximum Gasteiger partial charge on any atom is 0.388 e. The van der Waals surface area contributed by atoms with Crippen molar-refractivity contribution >= 4 is 16.4 Å². The summed E-state index contributed by atoms with van der Waals surface area (Å²) in [5.74, 6) is 0. The van der Waals surface area contributed by atoms with E-state index in [-0.39, 0.29) is 0 Å². The van der Waals surface area contributed by atoms with Crippen LogP contribution in [0.25, 0.3) is 0 Å². The van der Waals surface area contributed by atoms with Crippen molar-refractivity contribution < 1.29 is 4.57 Å². The molecule has 2 N–H and O–H groups in total. The van der Waals surface area contributed by atoms with Crippen LogP contribution in [0.2, 0.25) is 0 Å². The van der Waals surface area contributed by atoms with Crippen LogP contribution in [-0.2, 0) is 4.57 Å². The molecular weight excluding hydrogens is 154 g/mol. The molecule has 0 aromatic heterocycles. The summed E-state index contributed by atoms with van der Waals surface area (Å²) >= 11 is 0. The van der Waals surface area contributed by atoms with Crippen molar-refractivity contribution in [1.82, 2.24) is 10.9 Å². The van der Waals surface area contributed by atoms with E-state index in [4.69, 9.17) is 0 Å². The second-order valence-electron chi connectivity index (χ2n) is 1.52. The molecule has 0 saturated carbocycles. The molecule has 0 aromatic rings. The van der Waals surface area contributed by atoms with Crippen LogP contribution in [0.3, 0.4) is 0 Å². The third-order valence-electron chi connectivity index (χ3n) is 0.895. The molecule has 0 fully saturated rings. The molecule has 1 aliphatic rings. The van der Waals surface area contributed by atoms with Crippen molar-refractivity contribution in [3.05, 3.63) is 23.8 Å². The lowest BCUT2D eigenvalue weighted by molar-refractivity contribution is 0.599. The fourth-order valence-electron chi connectivity index (χ4n) is 0.476. The third-order valence-corrected chi connectivity index (χ3v) is 2.58. The fourth-order valence-corrected chi connectivity index (χ4v) is 1.37. The van der Waals surface area contributed by atoms with Gasteiger partial charge in [-0.15, -0.1) is 0 Å². The van der Waals surface area contributed by atoms with Crippen molar-refractivity contribution in [3.63, 3.8) is 0 Å². The summed E-state index contributed by atoms with van der Waals surface area (Å²) in [5.41, 5.74) is 5.45. The van der Waals surface area contributed by atoms with Gasteiger partial charge in [-0.2, -0.15) is 0 Å². The minimum atomic E-state index is -1.28. The maximum absolute atomic E-state index is 10.7. The van der Waals surface area contributed by atoms with Gasteiger partial charge in [0.05, 0.1) is 6.20 Å². The zero-order valence-corrected chi connectivity index (χ0v) is 6.71. The number of allylic oxidation sites excluding steroid dienone is 2. The Morgan fingerprint density at radius 3 is 2.67 bits per heavy atom. The molecule has 0 aliphatic carbocycles. The molecule has 3 nitrogen and oxygen atoms in total. The Bertz CT molecular complexity index is 187. The molecule has 2 atom stereocenters. The van der Waals surface area contributed by atoms with Crippen LogP contribution >= 0.6 is 16.4 Å². The van der Waals surface area contributed by atoms with Gasteiger partial charge in [0.1, 0.15) is 8.93 Å². The van der Waals surface area contributed by atoms with Gasteiger partial charge in [0.15, 0.2) is 0 Å². The van der Waals surface area contributed by atoms with Crippen LogP contribution in [0.4, 0.5) is 0 Å². The molecule has 0 saturated heterocycles. The summed E-state index contributed by atoms with van der Waals surface area (Å²) in [6.07, 6.45) is 5.14. The molecule has 1 aliphatic heterocycles. The van der Waals surface area contributed by atoms with E-state index < -0.39 is 7.49 Å². The van der Waals surface area contributed by atoms with E-state index in [1.165, 1.54) is 0 Å². The number of nitrogens with one attached hydrogen (secondary N) is 2. The monoisotopic (exact) mass is 161 g/mol. The van der Waals surface area contributed by atoms with Crippen molar-refractivity contribution in [2.24, 2.45) is 0 Å². The summed E-state index contributed by atoms with van der Waals surface area (Å²) in [7, 11) is 0.967. The lowest BCUT2D eigenvalue weighted by atomic mass is 10.5. The second kappa shape index (κ2) is 2.95. The average Bonchev–Trinajstić information content (AvgIpc) is 1.90.